The molecule has 0 spiro atoms. The Morgan fingerprint density at radius 1 is 1.23 bits per heavy atom. The molecule has 0 saturated heterocycles. The molecule has 2 rings (SSSR count). The number of carbonyl (C=O) groups excluding carboxylic acids is 1. The first kappa shape index (κ1) is 19.8. The van der Waals surface area contributed by atoms with Crippen molar-refractivity contribution >= 4 is 17.4 Å². The number of aromatic nitrogens is 1. The van der Waals surface area contributed by atoms with Crippen molar-refractivity contribution in [2.24, 2.45) is 0 Å². The van der Waals surface area contributed by atoms with E-state index in [0.717, 1.165) is 16.5 Å². The van der Waals surface area contributed by atoms with Crippen molar-refractivity contribution < 1.29 is 14.3 Å². The molecule has 0 aliphatic rings. The summed E-state index contributed by atoms with van der Waals surface area (Å²) < 4.78 is 9.22. The van der Waals surface area contributed by atoms with Gasteiger partial charge >= 0.3 is 0 Å². The van der Waals surface area contributed by atoms with Crippen LogP contribution in [0.1, 0.15) is 19.4 Å². The van der Waals surface area contributed by atoms with Gasteiger partial charge in [0.1, 0.15) is 6.61 Å². The largest absolute Gasteiger partial charge is 0.463 e. The maximum Gasteiger partial charge on any atom is 0.293 e. The topological polar surface area (TPSA) is 80.4 Å². The Kier molecular flexibility index (Phi) is 11.3. The molecule has 6 nitrogen and oxygen atoms in total. The van der Waals surface area contributed by atoms with Crippen LogP contribution in [0.4, 0.5) is 0 Å². The van der Waals surface area contributed by atoms with Gasteiger partial charge in [-0.05, 0) is 36.2 Å². The molecule has 2 aromatic rings. The molecule has 0 amide bonds. The third kappa shape index (κ3) is 7.56. The number of rotatable bonds is 5. The van der Waals surface area contributed by atoms with Crippen LogP contribution in [0.2, 0.25) is 0 Å². The first-order valence-electron chi connectivity index (χ1n) is 7.02. The van der Waals surface area contributed by atoms with E-state index in [0.29, 0.717) is 13.2 Å². The zero-order valence-electron chi connectivity index (χ0n) is 13.5. The Hall–Kier alpha value is -2.18. The molecule has 0 aliphatic heterocycles. The summed E-state index contributed by atoms with van der Waals surface area (Å²) in [6.45, 7) is 5.30. The Balaban J connectivity index is 0.000000540. The van der Waals surface area contributed by atoms with E-state index in [2.05, 4.69) is 19.8 Å². The van der Waals surface area contributed by atoms with Crippen molar-refractivity contribution in [1.29, 1.82) is 0 Å². The molecule has 0 atom stereocenters. The number of hydrogen-bond donors (Lipinski definition) is 2. The summed E-state index contributed by atoms with van der Waals surface area (Å²) in [5.41, 5.74) is 1.54. The van der Waals surface area contributed by atoms with Gasteiger partial charge in [0.2, 0.25) is 5.56 Å². The minimum Gasteiger partial charge on any atom is -0.463 e. The van der Waals surface area contributed by atoms with Crippen LogP contribution in [0, 0.1) is 0 Å². The van der Waals surface area contributed by atoms with Crippen molar-refractivity contribution in [3.8, 4) is 0 Å². The number of ether oxygens (including phenoxy) is 2. The first-order chi connectivity index (χ1) is 10.7. The Bertz CT molecular complexity index is 594. The maximum atomic E-state index is 11.0. The minimum absolute atomic E-state index is 0.126. The lowest BCUT2D eigenvalue weighted by molar-refractivity contribution is -0.129. The van der Waals surface area contributed by atoms with Gasteiger partial charge in [-0.25, -0.2) is 0 Å². The Morgan fingerprint density at radius 3 is 2.50 bits per heavy atom. The van der Waals surface area contributed by atoms with Gasteiger partial charge in [-0.1, -0.05) is 19.9 Å². The van der Waals surface area contributed by atoms with Crippen LogP contribution in [0.3, 0.4) is 0 Å². The van der Waals surface area contributed by atoms with Crippen molar-refractivity contribution in [2.75, 3.05) is 20.9 Å². The quantitative estimate of drug-likeness (QED) is 0.652. The number of aromatic amines is 1. The lowest BCUT2D eigenvalue weighted by Crippen LogP contribution is -2.08. The van der Waals surface area contributed by atoms with E-state index in [9.17, 15) is 9.59 Å². The average Bonchev–Trinajstić information content (AvgIpc) is 2.56. The highest BCUT2D eigenvalue weighted by atomic mass is 16.5. The molecule has 0 fully saturated rings. The molecule has 2 N–H and O–H groups in total. The van der Waals surface area contributed by atoms with Gasteiger partial charge in [-0.2, -0.15) is 0 Å². The molecular weight excluding hydrogens is 284 g/mol. The van der Waals surface area contributed by atoms with E-state index in [-0.39, 0.29) is 12.2 Å². The van der Waals surface area contributed by atoms with Gasteiger partial charge in [-0.15, -0.1) is 0 Å². The Labute approximate surface area is 130 Å². The molecule has 6 heteroatoms. The third-order valence-electron chi connectivity index (χ3n) is 2.39. The molecule has 0 unspecified atom stereocenters. The highest BCUT2D eigenvalue weighted by molar-refractivity contribution is 5.78. The average molecular weight is 308 g/mol. The summed E-state index contributed by atoms with van der Waals surface area (Å²) in [6.07, 6.45) is 0. The molecule has 122 valence electrons. The fourth-order valence-corrected chi connectivity index (χ4v) is 1.57. The number of carbonyl (C=O) groups is 1. The van der Waals surface area contributed by atoms with Crippen molar-refractivity contribution in [1.82, 2.24) is 10.3 Å². The molecule has 0 radical (unpaired) electrons. The standard InChI is InChI=1S/C11H9NO3.C3H9NO.C2H6/c13-7-15-6-8-1-3-10-9(5-8)2-4-11(14)12-10;1-4-3-5-2;1-2/h1-5,7H,6H2,(H,12,14);4H,3H2,1-2H3;1-2H3. The number of hydrogen-bond acceptors (Lipinski definition) is 5. The third-order valence-corrected chi connectivity index (χ3v) is 2.39. The van der Waals surface area contributed by atoms with Crippen molar-refractivity contribution in [3.05, 3.63) is 46.2 Å². The number of H-pyrrole nitrogens is 1. The summed E-state index contributed by atoms with van der Waals surface area (Å²) in [6, 6.07) is 8.67. The minimum atomic E-state index is -0.126. The monoisotopic (exact) mass is 308 g/mol. The zero-order chi connectivity index (χ0) is 16.8. The van der Waals surface area contributed by atoms with Crippen LogP contribution < -0.4 is 10.9 Å². The predicted octanol–water partition coefficient (Wildman–Crippen LogP) is 2.04. The highest BCUT2D eigenvalue weighted by Crippen LogP contribution is 2.12. The van der Waals surface area contributed by atoms with Crippen LogP contribution in [-0.4, -0.2) is 32.3 Å². The second-order valence-corrected chi connectivity index (χ2v) is 3.94. The number of benzene rings is 1. The molecule has 0 saturated carbocycles. The fourth-order valence-electron chi connectivity index (χ4n) is 1.57. The summed E-state index contributed by atoms with van der Waals surface area (Å²) in [5, 5.41) is 3.71. The smallest absolute Gasteiger partial charge is 0.293 e. The maximum absolute atomic E-state index is 11.0. The molecule has 1 aromatic heterocycles. The molecule has 0 aliphatic carbocycles. The van der Waals surface area contributed by atoms with Crippen LogP contribution >= 0.6 is 0 Å². The normalized spacial score (nSPS) is 9.09. The SMILES string of the molecule is CC.CNCOC.O=COCc1ccc2[nH]c(=O)ccc2c1. The highest BCUT2D eigenvalue weighted by Gasteiger charge is 1.97. The van der Waals surface area contributed by atoms with Gasteiger partial charge in [0, 0.05) is 18.7 Å². The van der Waals surface area contributed by atoms with E-state index >= 15 is 0 Å². The number of nitrogens with one attached hydrogen (secondary N) is 2. The lowest BCUT2D eigenvalue weighted by Gasteiger charge is -2.01. The summed E-state index contributed by atoms with van der Waals surface area (Å²) >= 11 is 0. The Morgan fingerprint density at radius 2 is 1.95 bits per heavy atom. The van der Waals surface area contributed by atoms with E-state index in [1.807, 2.05) is 33.0 Å². The predicted molar refractivity (Wildman–Crippen MR) is 87.7 cm³/mol. The zero-order valence-corrected chi connectivity index (χ0v) is 13.5. The van der Waals surface area contributed by atoms with Gasteiger partial charge in [0.25, 0.3) is 6.47 Å². The van der Waals surface area contributed by atoms with E-state index < -0.39 is 0 Å². The lowest BCUT2D eigenvalue weighted by atomic mass is 10.1. The van der Waals surface area contributed by atoms with E-state index in [1.165, 1.54) is 6.07 Å². The second-order valence-electron chi connectivity index (χ2n) is 3.94. The van der Waals surface area contributed by atoms with Crippen molar-refractivity contribution in [3.63, 3.8) is 0 Å². The molecule has 1 heterocycles. The van der Waals surface area contributed by atoms with Crippen LogP contribution in [0.5, 0.6) is 0 Å². The molecular formula is C16H24N2O4. The molecule has 0 bridgehead atoms. The van der Waals surface area contributed by atoms with Crippen molar-refractivity contribution in [2.45, 2.75) is 20.5 Å². The summed E-state index contributed by atoms with van der Waals surface area (Å²) in [4.78, 5) is 23.7. The van der Waals surface area contributed by atoms with Gasteiger partial charge in [0.15, 0.2) is 0 Å². The van der Waals surface area contributed by atoms with E-state index in [4.69, 9.17) is 0 Å². The molecule has 22 heavy (non-hydrogen) atoms. The van der Waals surface area contributed by atoms with Crippen LogP contribution in [0.15, 0.2) is 35.1 Å². The fraction of sp³-hybridized carbons (Fsp3) is 0.375. The molecule has 1 aromatic carbocycles. The summed E-state index contributed by atoms with van der Waals surface area (Å²) in [5.74, 6) is 0. The summed E-state index contributed by atoms with van der Waals surface area (Å²) in [7, 11) is 3.49. The first-order valence-corrected chi connectivity index (χ1v) is 7.02. The number of methoxy groups -OCH3 is 1. The van der Waals surface area contributed by atoms with E-state index in [1.54, 1.807) is 19.2 Å². The second kappa shape index (κ2) is 12.6. The number of pyridine rings is 1. The number of fused-ring (bicyclic) bond motifs is 1. The van der Waals surface area contributed by atoms with Gasteiger partial charge < -0.3 is 14.5 Å². The van der Waals surface area contributed by atoms with Crippen LogP contribution in [-0.2, 0) is 20.9 Å². The van der Waals surface area contributed by atoms with Gasteiger partial charge in [-0.3, -0.25) is 14.9 Å². The van der Waals surface area contributed by atoms with Gasteiger partial charge in [0.05, 0.1) is 6.73 Å². The van der Waals surface area contributed by atoms with Crippen LogP contribution in [0.25, 0.3) is 10.9 Å².